The lowest BCUT2D eigenvalue weighted by atomic mass is 10.0. The van der Waals surface area contributed by atoms with E-state index in [1.54, 1.807) is 18.3 Å². The van der Waals surface area contributed by atoms with Crippen LogP contribution in [0.15, 0.2) is 77.4 Å². The fourth-order valence-electron chi connectivity index (χ4n) is 2.45. The van der Waals surface area contributed by atoms with E-state index in [2.05, 4.69) is 26.2 Å². The van der Waals surface area contributed by atoms with E-state index < -0.39 is 4.92 Å². The van der Waals surface area contributed by atoms with E-state index in [0.717, 1.165) is 11.3 Å². The van der Waals surface area contributed by atoms with E-state index in [9.17, 15) is 10.1 Å². The summed E-state index contributed by atoms with van der Waals surface area (Å²) in [5, 5.41) is 14.6. The molecule has 3 rings (SSSR count). The predicted molar refractivity (Wildman–Crippen MR) is 96.9 cm³/mol. The van der Waals surface area contributed by atoms with Crippen molar-refractivity contribution in [2.45, 2.75) is 6.04 Å². The lowest BCUT2D eigenvalue weighted by Crippen LogP contribution is -2.14. The van der Waals surface area contributed by atoms with Gasteiger partial charge in [0.2, 0.25) is 0 Å². The molecule has 0 aliphatic heterocycles. The largest absolute Gasteiger partial charge is 0.367 e. The number of nitrogens with one attached hydrogen (secondary N) is 1. The zero-order valence-corrected chi connectivity index (χ0v) is 14.2. The number of hydrogen-bond donors (Lipinski definition) is 1. The second kappa shape index (κ2) is 7.23. The standard InChI is InChI=1S/C18H14BrN3O2/c19-14-9-10-15(17(12-14)22(23)24)21-18(13-6-2-1-3-7-13)16-8-4-5-11-20-16/h1-12,18,21H/t18-/m1/s1. The Kier molecular flexibility index (Phi) is 4.86. The first-order valence-corrected chi connectivity index (χ1v) is 8.11. The second-order valence-corrected chi connectivity index (χ2v) is 6.08. The second-order valence-electron chi connectivity index (χ2n) is 5.16. The van der Waals surface area contributed by atoms with Gasteiger partial charge in [-0.1, -0.05) is 52.3 Å². The van der Waals surface area contributed by atoms with Gasteiger partial charge in [0, 0.05) is 16.7 Å². The van der Waals surface area contributed by atoms with Crippen LogP contribution in [0.25, 0.3) is 0 Å². The minimum absolute atomic E-state index is 0.0150. The number of benzene rings is 2. The van der Waals surface area contributed by atoms with Crippen molar-refractivity contribution in [1.82, 2.24) is 4.98 Å². The zero-order valence-electron chi connectivity index (χ0n) is 12.6. The topological polar surface area (TPSA) is 68.1 Å². The average molecular weight is 384 g/mol. The number of hydrogen-bond acceptors (Lipinski definition) is 4. The molecule has 1 N–H and O–H groups in total. The van der Waals surface area contributed by atoms with Gasteiger partial charge in [-0.15, -0.1) is 0 Å². The molecule has 0 aliphatic carbocycles. The van der Waals surface area contributed by atoms with Gasteiger partial charge in [0.25, 0.3) is 5.69 Å². The van der Waals surface area contributed by atoms with Crippen LogP contribution in [0.4, 0.5) is 11.4 Å². The average Bonchev–Trinajstić information content (AvgIpc) is 2.62. The third-order valence-corrected chi connectivity index (χ3v) is 4.07. The number of aromatic nitrogens is 1. The number of nitro benzene ring substituents is 1. The minimum atomic E-state index is -0.395. The summed E-state index contributed by atoms with van der Waals surface area (Å²) in [7, 11) is 0. The molecule has 0 amide bonds. The van der Waals surface area contributed by atoms with Crippen molar-refractivity contribution in [3.05, 3.63) is 98.8 Å². The summed E-state index contributed by atoms with van der Waals surface area (Å²) in [4.78, 5) is 15.4. The Balaban J connectivity index is 2.04. The molecule has 2 aromatic carbocycles. The molecule has 0 unspecified atom stereocenters. The fraction of sp³-hybridized carbons (Fsp3) is 0.0556. The maximum atomic E-state index is 11.4. The van der Waals surface area contributed by atoms with Gasteiger partial charge in [0.15, 0.2) is 0 Å². The third-order valence-electron chi connectivity index (χ3n) is 3.57. The minimum Gasteiger partial charge on any atom is -0.367 e. The number of nitro groups is 1. The number of pyridine rings is 1. The highest BCUT2D eigenvalue weighted by molar-refractivity contribution is 9.10. The lowest BCUT2D eigenvalue weighted by Gasteiger charge is -2.20. The van der Waals surface area contributed by atoms with Crippen molar-refractivity contribution in [3.8, 4) is 0 Å². The normalized spacial score (nSPS) is 11.7. The molecule has 24 heavy (non-hydrogen) atoms. The van der Waals surface area contributed by atoms with Crippen molar-refractivity contribution in [2.24, 2.45) is 0 Å². The van der Waals surface area contributed by atoms with E-state index in [4.69, 9.17) is 0 Å². The molecule has 120 valence electrons. The van der Waals surface area contributed by atoms with Crippen LogP contribution < -0.4 is 5.32 Å². The molecule has 0 fully saturated rings. The molecule has 1 atom stereocenters. The quantitative estimate of drug-likeness (QED) is 0.499. The highest BCUT2D eigenvalue weighted by Crippen LogP contribution is 2.33. The summed E-state index contributed by atoms with van der Waals surface area (Å²) in [5.74, 6) is 0. The predicted octanol–water partition coefficient (Wildman–Crippen LogP) is 4.95. The van der Waals surface area contributed by atoms with Crippen LogP contribution in [0.2, 0.25) is 0 Å². The number of rotatable bonds is 5. The molecule has 3 aromatic rings. The molecule has 5 nitrogen and oxygen atoms in total. The molecule has 0 saturated carbocycles. The fourth-order valence-corrected chi connectivity index (χ4v) is 2.80. The van der Waals surface area contributed by atoms with Gasteiger partial charge in [-0.05, 0) is 29.8 Å². The van der Waals surface area contributed by atoms with Crippen LogP contribution in [0.1, 0.15) is 17.3 Å². The molecular weight excluding hydrogens is 370 g/mol. The molecule has 0 spiro atoms. The third kappa shape index (κ3) is 3.60. The Morgan fingerprint density at radius 1 is 1.04 bits per heavy atom. The summed E-state index contributed by atoms with van der Waals surface area (Å²) in [5.41, 5.74) is 2.23. The molecule has 0 saturated heterocycles. The Hall–Kier alpha value is -2.73. The van der Waals surface area contributed by atoms with Crippen LogP contribution in [0.5, 0.6) is 0 Å². The Bertz CT molecular complexity index is 802. The highest BCUT2D eigenvalue weighted by atomic mass is 79.9. The van der Waals surface area contributed by atoms with E-state index in [1.807, 2.05) is 48.5 Å². The van der Waals surface area contributed by atoms with Gasteiger partial charge < -0.3 is 5.32 Å². The molecule has 6 heteroatoms. The van der Waals surface area contributed by atoms with Crippen molar-refractivity contribution in [2.75, 3.05) is 5.32 Å². The number of nitrogens with zero attached hydrogens (tertiary/aromatic N) is 2. The van der Waals surface area contributed by atoms with Crippen LogP contribution in [0.3, 0.4) is 0 Å². The Morgan fingerprint density at radius 2 is 1.79 bits per heavy atom. The SMILES string of the molecule is O=[N+]([O-])c1cc(Br)ccc1N[C@H](c1ccccc1)c1ccccn1. The van der Waals surface area contributed by atoms with Crippen molar-refractivity contribution in [1.29, 1.82) is 0 Å². The molecule has 1 aromatic heterocycles. The molecule has 0 bridgehead atoms. The highest BCUT2D eigenvalue weighted by Gasteiger charge is 2.20. The Labute approximate surface area is 147 Å². The molecular formula is C18H14BrN3O2. The van der Waals surface area contributed by atoms with Crippen LogP contribution in [-0.4, -0.2) is 9.91 Å². The summed E-state index contributed by atoms with van der Waals surface area (Å²) in [6.07, 6.45) is 1.71. The van der Waals surface area contributed by atoms with Gasteiger partial charge in [-0.3, -0.25) is 15.1 Å². The smallest absolute Gasteiger partial charge is 0.293 e. The molecule has 0 aliphatic rings. The lowest BCUT2D eigenvalue weighted by molar-refractivity contribution is -0.384. The van der Waals surface area contributed by atoms with Gasteiger partial charge in [-0.2, -0.15) is 0 Å². The first-order valence-electron chi connectivity index (χ1n) is 7.31. The van der Waals surface area contributed by atoms with E-state index in [1.165, 1.54) is 6.07 Å². The van der Waals surface area contributed by atoms with Crippen molar-refractivity contribution < 1.29 is 4.92 Å². The zero-order chi connectivity index (χ0) is 16.9. The molecule has 0 radical (unpaired) electrons. The first kappa shape index (κ1) is 16.1. The van der Waals surface area contributed by atoms with Crippen molar-refractivity contribution >= 4 is 27.3 Å². The Morgan fingerprint density at radius 3 is 2.46 bits per heavy atom. The van der Waals surface area contributed by atoms with E-state index in [-0.39, 0.29) is 11.7 Å². The van der Waals surface area contributed by atoms with Gasteiger partial charge in [-0.25, -0.2) is 0 Å². The summed E-state index contributed by atoms with van der Waals surface area (Å²) < 4.78 is 0.661. The maximum Gasteiger partial charge on any atom is 0.293 e. The number of halogens is 1. The van der Waals surface area contributed by atoms with Gasteiger partial charge in [0.05, 0.1) is 16.7 Å². The number of anilines is 1. The first-order chi connectivity index (χ1) is 11.6. The van der Waals surface area contributed by atoms with Gasteiger partial charge in [0.1, 0.15) is 5.69 Å². The van der Waals surface area contributed by atoms with E-state index >= 15 is 0 Å². The van der Waals surface area contributed by atoms with Crippen LogP contribution >= 0.6 is 15.9 Å². The summed E-state index contributed by atoms with van der Waals surface area (Å²) in [6, 6.07) is 20.0. The van der Waals surface area contributed by atoms with Gasteiger partial charge >= 0.3 is 0 Å². The van der Waals surface area contributed by atoms with Crippen molar-refractivity contribution in [3.63, 3.8) is 0 Å². The van der Waals surface area contributed by atoms with E-state index in [0.29, 0.717) is 10.2 Å². The maximum absolute atomic E-state index is 11.4. The molecule has 1 heterocycles. The van der Waals surface area contributed by atoms with Crippen LogP contribution in [-0.2, 0) is 0 Å². The van der Waals surface area contributed by atoms with Crippen LogP contribution in [0, 0.1) is 10.1 Å². The monoisotopic (exact) mass is 383 g/mol. The summed E-state index contributed by atoms with van der Waals surface area (Å²) >= 11 is 3.28. The summed E-state index contributed by atoms with van der Waals surface area (Å²) in [6.45, 7) is 0.